The first-order valence-corrected chi connectivity index (χ1v) is 12.2. The van der Waals surface area contributed by atoms with E-state index in [9.17, 15) is 13.2 Å². The number of nitrogens with one attached hydrogen (secondary N) is 1. The van der Waals surface area contributed by atoms with Gasteiger partial charge >= 0.3 is 16.3 Å². The van der Waals surface area contributed by atoms with Crippen LogP contribution >= 0.6 is 22.6 Å². The zero-order valence-corrected chi connectivity index (χ0v) is 21.5. The van der Waals surface area contributed by atoms with Crippen molar-refractivity contribution >= 4 is 44.6 Å². The van der Waals surface area contributed by atoms with Crippen LogP contribution in [0.3, 0.4) is 0 Å². The van der Waals surface area contributed by atoms with Gasteiger partial charge in [-0.05, 0) is 78.6 Å². The molecule has 7 nitrogen and oxygen atoms in total. The Bertz CT molecular complexity index is 1040. The number of hydrogen-bond acceptors (Lipinski definition) is 6. The number of hydrogen-bond donors (Lipinski definition) is 2. The van der Waals surface area contributed by atoms with Gasteiger partial charge in [0.05, 0.1) is 9.26 Å². The Morgan fingerprint density at radius 3 is 2.16 bits per heavy atom. The molecule has 1 unspecified atom stereocenters. The van der Waals surface area contributed by atoms with E-state index in [1.54, 1.807) is 57.2 Å². The first kappa shape index (κ1) is 25.4. The predicted octanol–water partition coefficient (Wildman–Crippen LogP) is 4.67. The fourth-order valence-electron chi connectivity index (χ4n) is 2.64. The van der Waals surface area contributed by atoms with Gasteiger partial charge in [-0.2, -0.15) is 8.42 Å². The predicted molar refractivity (Wildman–Crippen MR) is 130 cm³/mol. The average Bonchev–Trinajstić information content (AvgIpc) is 2.60. The fraction of sp³-hybridized carbons (Fsp3) is 0.409. The second-order valence-electron chi connectivity index (χ2n) is 9.14. The van der Waals surface area contributed by atoms with Crippen molar-refractivity contribution in [2.24, 2.45) is 5.73 Å². The molecule has 170 valence electrons. The summed E-state index contributed by atoms with van der Waals surface area (Å²) in [6.45, 7) is 11.2. The van der Waals surface area contributed by atoms with Crippen molar-refractivity contribution in [3.05, 3.63) is 57.2 Å². The van der Waals surface area contributed by atoms with Gasteiger partial charge in [0.15, 0.2) is 5.75 Å². The Balaban J connectivity index is 2.51. The highest BCUT2D eigenvalue weighted by molar-refractivity contribution is 14.1. The molecular weight excluding hydrogens is 531 g/mol. The van der Waals surface area contributed by atoms with Crippen molar-refractivity contribution in [2.45, 2.75) is 58.6 Å². The molecule has 2 rings (SSSR count). The fourth-order valence-corrected chi connectivity index (χ4v) is 4.42. The Kier molecular flexibility index (Phi) is 7.65. The molecule has 1 atom stereocenters. The summed E-state index contributed by atoms with van der Waals surface area (Å²) in [5.41, 5.74) is 6.69. The van der Waals surface area contributed by atoms with Crippen LogP contribution in [0.25, 0.3) is 0 Å². The zero-order valence-electron chi connectivity index (χ0n) is 18.5. The summed E-state index contributed by atoms with van der Waals surface area (Å²) in [5.74, 6) is -0.678. The highest BCUT2D eigenvalue weighted by Crippen LogP contribution is 2.37. The topological polar surface area (TPSA) is 108 Å². The third-order valence-electron chi connectivity index (χ3n) is 4.14. The number of carbonyl (C=O) groups excluding carboxylic acids is 1. The van der Waals surface area contributed by atoms with Crippen molar-refractivity contribution in [1.29, 1.82) is 0 Å². The number of benzene rings is 2. The molecule has 0 aliphatic carbocycles. The second kappa shape index (κ2) is 9.33. The summed E-state index contributed by atoms with van der Waals surface area (Å²) in [5, 5.41) is 0. The molecule has 3 N–H and O–H groups in total. The van der Waals surface area contributed by atoms with E-state index in [0.717, 1.165) is 5.56 Å². The van der Waals surface area contributed by atoms with Crippen molar-refractivity contribution in [3.8, 4) is 5.75 Å². The Hall–Kier alpha value is -1.85. The number of anilines is 1. The van der Waals surface area contributed by atoms with E-state index in [1.165, 1.54) is 0 Å². The van der Waals surface area contributed by atoms with Gasteiger partial charge in [0.25, 0.3) is 0 Å². The molecular formula is C22H29IN2O5S. The zero-order chi connectivity index (χ0) is 23.6. The number of rotatable bonds is 6. The lowest BCUT2D eigenvalue weighted by atomic mass is 9.85. The third kappa shape index (κ3) is 7.36. The summed E-state index contributed by atoms with van der Waals surface area (Å²) in [6, 6.07) is 10.7. The van der Waals surface area contributed by atoms with E-state index in [2.05, 4.69) is 4.72 Å². The van der Waals surface area contributed by atoms with Gasteiger partial charge in [-0.3, -0.25) is 4.72 Å². The molecule has 0 amide bonds. The van der Waals surface area contributed by atoms with Crippen LogP contribution in [-0.4, -0.2) is 20.0 Å². The largest absolute Gasteiger partial charge is 0.459 e. The standard InChI is InChI=1S/C22H29IN2O5S/c1-21(2,3)14-12-16(18(24)20(26)29-22(4,5)6)19(17(23)13-14)30-31(27,28)25-15-10-8-7-9-11-15/h7-13,18,25H,24H2,1-6H3. The van der Waals surface area contributed by atoms with Crippen LogP contribution in [0.1, 0.15) is 58.7 Å². The number of ether oxygens (including phenoxy) is 1. The van der Waals surface area contributed by atoms with Crippen LogP contribution in [0.4, 0.5) is 5.69 Å². The van der Waals surface area contributed by atoms with E-state index >= 15 is 0 Å². The lowest BCUT2D eigenvalue weighted by Gasteiger charge is -2.26. The smallest absolute Gasteiger partial charge is 0.407 e. The van der Waals surface area contributed by atoms with Gasteiger partial charge < -0.3 is 14.7 Å². The highest BCUT2D eigenvalue weighted by atomic mass is 127. The van der Waals surface area contributed by atoms with Gasteiger partial charge in [-0.1, -0.05) is 39.0 Å². The van der Waals surface area contributed by atoms with Crippen molar-refractivity contribution < 1.29 is 22.1 Å². The van der Waals surface area contributed by atoms with Crippen molar-refractivity contribution in [1.82, 2.24) is 0 Å². The van der Waals surface area contributed by atoms with Crippen LogP contribution in [0.5, 0.6) is 5.75 Å². The molecule has 2 aromatic carbocycles. The monoisotopic (exact) mass is 560 g/mol. The highest BCUT2D eigenvalue weighted by Gasteiger charge is 2.31. The molecule has 0 aliphatic rings. The molecule has 9 heteroatoms. The molecule has 0 spiro atoms. The van der Waals surface area contributed by atoms with Gasteiger partial charge in [0.1, 0.15) is 11.6 Å². The van der Waals surface area contributed by atoms with E-state index in [0.29, 0.717) is 9.26 Å². The number of nitrogens with two attached hydrogens (primary N) is 1. The third-order valence-corrected chi connectivity index (χ3v) is 5.82. The van der Waals surface area contributed by atoms with Crippen LogP contribution < -0.4 is 14.6 Å². The second-order valence-corrected chi connectivity index (χ2v) is 11.6. The minimum absolute atomic E-state index is 0.00427. The van der Waals surface area contributed by atoms with Crippen LogP contribution in [0, 0.1) is 3.57 Å². The first-order chi connectivity index (χ1) is 14.1. The number of para-hydroxylation sites is 1. The molecule has 0 fully saturated rings. The summed E-state index contributed by atoms with van der Waals surface area (Å²) < 4.78 is 39.1. The van der Waals surface area contributed by atoms with Crippen molar-refractivity contribution in [2.75, 3.05) is 4.72 Å². The van der Waals surface area contributed by atoms with Crippen LogP contribution in [0.2, 0.25) is 0 Å². The normalized spacial score (nSPS) is 13.4. The van der Waals surface area contributed by atoms with E-state index in [4.69, 9.17) is 14.7 Å². The lowest BCUT2D eigenvalue weighted by Crippen LogP contribution is -2.32. The first-order valence-electron chi connectivity index (χ1n) is 9.69. The number of esters is 1. The molecule has 0 bridgehead atoms. The van der Waals surface area contributed by atoms with Gasteiger partial charge in [0.2, 0.25) is 0 Å². The molecule has 0 heterocycles. The quantitative estimate of drug-likeness (QED) is 0.393. The summed E-state index contributed by atoms with van der Waals surface area (Å²) in [7, 11) is -4.24. The van der Waals surface area contributed by atoms with Crippen LogP contribution in [0.15, 0.2) is 42.5 Å². The van der Waals surface area contributed by atoms with Crippen molar-refractivity contribution in [3.63, 3.8) is 0 Å². The molecule has 31 heavy (non-hydrogen) atoms. The number of halogens is 1. The summed E-state index contributed by atoms with van der Waals surface area (Å²) in [4.78, 5) is 12.7. The molecule has 0 saturated heterocycles. The Morgan fingerprint density at radius 1 is 1.06 bits per heavy atom. The van der Waals surface area contributed by atoms with Gasteiger partial charge in [0, 0.05) is 5.56 Å². The SMILES string of the molecule is CC(C)(C)OC(=O)C(N)c1cc(C(C)(C)C)cc(I)c1OS(=O)(=O)Nc1ccccc1. The lowest BCUT2D eigenvalue weighted by molar-refractivity contribution is -0.156. The molecule has 0 saturated carbocycles. The van der Waals surface area contributed by atoms with E-state index < -0.39 is 27.9 Å². The van der Waals surface area contributed by atoms with E-state index in [1.807, 2.05) is 49.4 Å². The molecule has 2 aromatic rings. The molecule has 0 aromatic heterocycles. The maximum Gasteiger partial charge on any atom is 0.407 e. The molecule has 0 aliphatic heterocycles. The van der Waals surface area contributed by atoms with E-state index in [-0.39, 0.29) is 16.7 Å². The summed E-state index contributed by atoms with van der Waals surface area (Å²) >= 11 is 1.98. The maximum absolute atomic E-state index is 12.7. The van der Waals surface area contributed by atoms with Gasteiger partial charge in [-0.15, -0.1) is 0 Å². The Labute approximate surface area is 198 Å². The Morgan fingerprint density at radius 2 is 1.65 bits per heavy atom. The average molecular weight is 560 g/mol. The van der Waals surface area contributed by atoms with Crippen LogP contribution in [-0.2, 0) is 25.3 Å². The molecule has 0 radical (unpaired) electrons. The summed E-state index contributed by atoms with van der Waals surface area (Å²) in [6.07, 6.45) is 0. The van der Waals surface area contributed by atoms with Gasteiger partial charge in [-0.25, -0.2) is 4.79 Å². The minimum atomic E-state index is -4.24. The maximum atomic E-state index is 12.7. The number of carbonyl (C=O) groups is 1. The minimum Gasteiger partial charge on any atom is -0.459 e.